The Morgan fingerprint density at radius 1 is 1.13 bits per heavy atom. The maximum Gasteiger partial charge on any atom is 0.121 e. The highest BCUT2D eigenvalue weighted by Gasteiger charge is 2.33. The van der Waals surface area contributed by atoms with Crippen molar-refractivity contribution in [3.05, 3.63) is 28.8 Å². The van der Waals surface area contributed by atoms with Gasteiger partial charge >= 0.3 is 0 Å². The highest BCUT2D eigenvalue weighted by molar-refractivity contribution is 6.30. The number of hydrogen-bond acceptors (Lipinski definition) is 2. The molecule has 0 bridgehead atoms. The molecule has 1 aromatic carbocycles. The van der Waals surface area contributed by atoms with Gasteiger partial charge < -0.3 is 10.2 Å². The molecule has 0 spiro atoms. The average Bonchev–Trinajstić information content (AvgIpc) is 2.23. The van der Waals surface area contributed by atoms with Gasteiger partial charge in [0.05, 0.1) is 5.60 Å². The van der Waals surface area contributed by atoms with Gasteiger partial charge in [0.25, 0.3) is 0 Å². The molecular formula is C12H15ClO2. The highest BCUT2D eigenvalue weighted by Crippen LogP contribution is 2.41. The predicted molar refractivity (Wildman–Crippen MR) is 60.1 cm³/mol. The Hall–Kier alpha value is -0.730. The number of aromatic hydroxyl groups is 1. The normalized spacial score (nSPS) is 20.1. The van der Waals surface area contributed by atoms with Crippen molar-refractivity contribution in [1.82, 2.24) is 0 Å². The van der Waals surface area contributed by atoms with Crippen LogP contribution in [0.5, 0.6) is 5.75 Å². The molecule has 1 aliphatic rings. The topological polar surface area (TPSA) is 40.5 Å². The summed E-state index contributed by atoms with van der Waals surface area (Å²) in [5, 5.41) is 20.7. The quantitative estimate of drug-likeness (QED) is 0.772. The maximum absolute atomic E-state index is 10.4. The lowest BCUT2D eigenvalue weighted by Gasteiger charge is -2.33. The molecule has 82 valence electrons. The molecule has 0 aromatic heterocycles. The Bertz CT molecular complexity index is 357. The van der Waals surface area contributed by atoms with Crippen LogP contribution >= 0.6 is 11.6 Å². The average molecular weight is 227 g/mol. The summed E-state index contributed by atoms with van der Waals surface area (Å²) >= 11 is 5.88. The van der Waals surface area contributed by atoms with Crippen molar-refractivity contribution < 1.29 is 10.2 Å². The number of halogens is 1. The molecule has 2 rings (SSSR count). The minimum atomic E-state index is -0.882. The van der Waals surface area contributed by atoms with Crippen LogP contribution in [0.25, 0.3) is 0 Å². The summed E-state index contributed by atoms with van der Waals surface area (Å²) in [6, 6.07) is 4.85. The smallest absolute Gasteiger partial charge is 0.121 e. The summed E-state index contributed by atoms with van der Waals surface area (Å²) in [7, 11) is 0. The van der Waals surface area contributed by atoms with E-state index in [0.29, 0.717) is 23.4 Å². The SMILES string of the molecule is Oc1ccc(Cl)cc1C1(O)CCCCC1. The number of aliphatic hydroxyl groups is 1. The predicted octanol–water partition coefficient (Wildman–Crippen LogP) is 3.20. The summed E-state index contributed by atoms with van der Waals surface area (Å²) in [6.07, 6.45) is 4.58. The Kier molecular flexibility index (Phi) is 2.89. The van der Waals surface area contributed by atoms with Gasteiger partial charge in [0.15, 0.2) is 0 Å². The third kappa shape index (κ3) is 2.11. The van der Waals surface area contributed by atoms with Crippen LogP contribution in [-0.4, -0.2) is 10.2 Å². The van der Waals surface area contributed by atoms with Crippen LogP contribution in [0.2, 0.25) is 5.02 Å². The monoisotopic (exact) mass is 226 g/mol. The van der Waals surface area contributed by atoms with E-state index >= 15 is 0 Å². The van der Waals surface area contributed by atoms with Gasteiger partial charge in [0.2, 0.25) is 0 Å². The van der Waals surface area contributed by atoms with Gasteiger partial charge in [-0.1, -0.05) is 30.9 Å². The molecule has 0 saturated heterocycles. The van der Waals surface area contributed by atoms with E-state index in [2.05, 4.69) is 0 Å². The van der Waals surface area contributed by atoms with Crippen molar-refractivity contribution >= 4 is 11.6 Å². The lowest BCUT2D eigenvalue weighted by Crippen LogP contribution is -2.28. The van der Waals surface area contributed by atoms with Crippen molar-refractivity contribution in [3.8, 4) is 5.75 Å². The first kappa shape index (κ1) is 10.8. The summed E-state index contributed by atoms with van der Waals surface area (Å²) in [6.45, 7) is 0. The van der Waals surface area contributed by atoms with Gasteiger partial charge in [-0.05, 0) is 31.0 Å². The second-order valence-corrected chi connectivity index (χ2v) is 4.69. The van der Waals surface area contributed by atoms with E-state index in [-0.39, 0.29) is 5.75 Å². The van der Waals surface area contributed by atoms with E-state index in [1.165, 1.54) is 0 Å². The van der Waals surface area contributed by atoms with Crippen molar-refractivity contribution in [2.75, 3.05) is 0 Å². The Morgan fingerprint density at radius 3 is 2.47 bits per heavy atom. The van der Waals surface area contributed by atoms with Gasteiger partial charge in [-0.2, -0.15) is 0 Å². The van der Waals surface area contributed by atoms with Crippen LogP contribution < -0.4 is 0 Å². The van der Waals surface area contributed by atoms with Crippen LogP contribution in [0.4, 0.5) is 0 Å². The van der Waals surface area contributed by atoms with E-state index < -0.39 is 5.60 Å². The van der Waals surface area contributed by atoms with Gasteiger partial charge in [-0.25, -0.2) is 0 Å². The molecular weight excluding hydrogens is 212 g/mol. The fourth-order valence-corrected chi connectivity index (χ4v) is 2.46. The molecule has 1 aliphatic carbocycles. The van der Waals surface area contributed by atoms with Crippen LogP contribution in [0.3, 0.4) is 0 Å². The minimum Gasteiger partial charge on any atom is -0.508 e. The lowest BCUT2D eigenvalue weighted by atomic mass is 9.79. The molecule has 1 aromatic rings. The molecule has 1 fully saturated rings. The largest absolute Gasteiger partial charge is 0.508 e. The molecule has 0 atom stereocenters. The van der Waals surface area contributed by atoms with Crippen LogP contribution in [-0.2, 0) is 5.60 Å². The van der Waals surface area contributed by atoms with Crippen molar-refractivity contribution in [2.24, 2.45) is 0 Å². The van der Waals surface area contributed by atoms with Gasteiger partial charge in [0.1, 0.15) is 5.75 Å². The summed E-state index contributed by atoms with van der Waals surface area (Å²) in [4.78, 5) is 0. The van der Waals surface area contributed by atoms with Gasteiger partial charge in [0, 0.05) is 10.6 Å². The lowest BCUT2D eigenvalue weighted by molar-refractivity contribution is -0.00251. The van der Waals surface area contributed by atoms with Crippen LogP contribution in [0.1, 0.15) is 37.7 Å². The number of phenols is 1. The van der Waals surface area contributed by atoms with Crippen molar-refractivity contribution in [1.29, 1.82) is 0 Å². The first-order valence-electron chi connectivity index (χ1n) is 5.33. The molecule has 0 heterocycles. The molecule has 0 aliphatic heterocycles. The minimum absolute atomic E-state index is 0.142. The second-order valence-electron chi connectivity index (χ2n) is 4.25. The van der Waals surface area contributed by atoms with E-state index in [1.54, 1.807) is 18.2 Å². The van der Waals surface area contributed by atoms with E-state index in [1.807, 2.05) is 0 Å². The standard InChI is InChI=1S/C12H15ClO2/c13-9-4-5-11(14)10(8-9)12(15)6-2-1-3-7-12/h4-5,8,14-15H,1-3,6-7H2. The second kappa shape index (κ2) is 4.03. The molecule has 2 N–H and O–H groups in total. The van der Waals surface area contributed by atoms with Crippen LogP contribution in [0.15, 0.2) is 18.2 Å². The third-order valence-electron chi connectivity index (χ3n) is 3.14. The van der Waals surface area contributed by atoms with Gasteiger partial charge in [-0.15, -0.1) is 0 Å². The number of hydrogen-bond donors (Lipinski definition) is 2. The summed E-state index contributed by atoms with van der Waals surface area (Å²) in [5.74, 6) is 0.142. The van der Waals surface area contributed by atoms with E-state index in [4.69, 9.17) is 11.6 Å². The van der Waals surface area contributed by atoms with Crippen LogP contribution in [0, 0.1) is 0 Å². The molecule has 0 amide bonds. The van der Waals surface area contributed by atoms with Crippen molar-refractivity contribution in [3.63, 3.8) is 0 Å². The first-order valence-corrected chi connectivity index (χ1v) is 5.71. The summed E-state index contributed by atoms with van der Waals surface area (Å²) < 4.78 is 0. The Labute approximate surface area is 94.5 Å². The van der Waals surface area contributed by atoms with Crippen molar-refractivity contribution in [2.45, 2.75) is 37.7 Å². The molecule has 15 heavy (non-hydrogen) atoms. The molecule has 0 radical (unpaired) electrons. The highest BCUT2D eigenvalue weighted by atomic mass is 35.5. The van der Waals surface area contributed by atoms with E-state index in [9.17, 15) is 10.2 Å². The fourth-order valence-electron chi connectivity index (χ4n) is 2.29. The number of rotatable bonds is 1. The summed E-state index contributed by atoms with van der Waals surface area (Å²) in [5.41, 5.74) is -0.303. The first-order chi connectivity index (χ1) is 7.12. The maximum atomic E-state index is 10.4. The molecule has 0 unspecified atom stereocenters. The molecule has 1 saturated carbocycles. The number of phenolic OH excluding ortho intramolecular Hbond substituents is 1. The van der Waals surface area contributed by atoms with E-state index in [0.717, 1.165) is 19.3 Å². The number of benzene rings is 1. The van der Waals surface area contributed by atoms with Gasteiger partial charge in [-0.3, -0.25) is 0 Å². The fraction of sp³-hybridized carbons (Fsp3) is 0.500. The zero-order valence-corrected chi connectivity index (χ0v) is 9.30. The Morgan fingerprint density at radius 2 is 1.80 bits per heavy atom. The zero-order chi connectivity index (χ0) is 10.9. The molecule has 2 nitrogen and oxygen atoms in total. The molecule has 3 heteroatoms. The zero-order valence-electron chi connectivity index (χ0n) is 8.54. The Balaban J connectivity index is 2.38. The third-order valence-corrected chi connectivity index (χ3v) is 3.38.